The summed E-state index contributed by atoms with van der Waals surface area (Å²) in [4.78, 5) is 16.4. The highest BCUT2D eigenvalue weighted by Gasteiger charge is 2.13. The molecule has 0 saturated heterocycles. The topological polar surface area (TPSA) is 98.8 Å². The summed E-state index contributed by atoms with van der Waals surface area (Å²) in [6.07, 6.45) is 1.50. The minimum absolute atomic E-state index is 0.350. The third kappa shape index (κ3) is 3.53. The van der Waals surface area contributed by atoms with Gasteiger partial charge in [-0.05, 0) is 19.1 Å². The van der Waals surface area contributed by atoms with Gasteiger partial charge in [0, 0.05) is 11.6 Å². The van der Waals surface area contributed by atoms with Crippen molar-refractivity contribution in [3.05, 3.63) is 34.3 Å². The van der Waals surface area contributed by atoms with Crippen molar-refractivity contribution in [2.75, 3.05) is 20.0 Å². The van der Waals surface area contributed by atoms with Crippen LogP contribution in [-0.4, -0.2) is 31.3 Å². The van der Waals surface area contributed by atoms with Crippen molar-refractivity contribution in [2.24, 2.45) is 5.10 Å². The molecule has 0 fully saturated rings. The lowest BCUT2D eigenvalue weighted by Crippen LogP contribution is -2.17. The van der Waals surface area contributed by atoms with Crippen molar-refractivity contribution < 1.29 is 14.3 Å². The number of methoxy groups -OCH3 is 2. The van der Waals surface area contributed by atoms with E-state index < -0.39 is 0 Å². The number of rotatable bonds is 5. The van der Waals surface area contributed by atoms with Crippen LogP contribution < -0.4 is 20.6 Å². The molecule has 116 valence electrons. The zero-order valence-corrected chi connectivity index (χ0v) is 13.2. The number of nitrogens with zero attached hydrogens (tertiary/aromatic N) is 2. The number of hydrogen-bond acceptors (Lipinski definition) is 7. The standard InChI is InChI=1S/C14H16N4O3S/c1-8-12(22-14(15)17-8)13(19)18-16-7-9-4-5-10(20-2)6-11(9)21-3/h4-7H,1-3H3,(H2,15,17)(H,18,19). The van der Waals surface area contributed by atoms with Gasteiger partial charge in [0.2, 0.25) is 0 Å². The Hall–Kier alpha value is -2.61. The third-order valence-electron chi connectivity index (χ3n) is 2.83. The van der Waals surface area contributed by atoms with Crippen LogP contribution in [0.1, 0.15) is 20.9 Å². The zero-order valence-electron chi connectivity index (χ0n) is 12.4. The van der Waals surface area contributed by atoms with Gasteiger partial charge in [-0.25, -0.2) is 10.4 Å². The van der Waals surface area contributed by atoms with Gasteiger partial charge in [-0.2, -0.15) is 5.10 Å². The highest BCUT2D eigenvalue weighted by Crippen LogP contribution is 2.23. The summed E-state index contributed by atoms with van der Waals surface area (Å²) in [7, 11) is 3.13. The summed E-state index contributed by atoms with van der Waals surface area (Å²) in [6, 6.07) is 5.29. The van der Waals surface area contributed by atoms with Crippen molar-refractivity contribution in [1.29, 1.82) is 0 Å². The molecule has 0 atom stereocenters. The second-order valence-corrected chi connectivity index (χ2v) is 5.30. The Bertz CT molecular complexity index is 712. The number of aryl methyl sites for hydroxylation is 1. The predicted molar refractivity (Wildman–Crippen MR) is 85.9 cm³/mol. The first-order chi connectivity index (χ1) is 10.5. The molecule has 3 N–H and O–H groups in total. The minimum Gasteiger partial charge on any atom is -0.497 e. The normalized spacial score (nSPS) is 10.7. The van der Waals surface area contributed by atoms with Gasteiger partial charge in [0.05, 0.1) is 26.1 Å². The summed E-state index contributed by atoms with van der Waals surface area (Å²) in [6.45, 7) is 1.72. The lowest BCUT2D eigenvalue weighted by Gasteiger charge is -2.06. The maximum atomic E-state index is 12.0. The molecule has 0 bridgehead atoms. The number of amides is 1. The smallest absolute Gasteiger partial charge is 0.283 e. The molecule has 0 saturated carbocycles. The Kier molecular flexibility index (Phi) is 4.95. The molecule has 0 aliphatic rings. The minimum atomic E-state index is -0.351. The number of ether oxygens (including phenoxy) is 2. The Labute approximate surface area is 131 Å². The van der Waals surface area contributed by atoms with Crippen LogP contribution >= 0.6 is 11.3 Å². The molecular formula is C14H16N4O3S. The van der Waals surface area contributed by atoms with Gasteiger partial charge in [0.1, 0.15) is 16.4 Å². The summed E-state index contributed by atoms with van der Waals surface area (Å²) in [5.41, 5.74) is 9.30. The van der Waals surface area contributed by atoms with Crippen LogP contribution in [-0.2, 0) is 0 Å². The predicted octanol–water partition coefficient (Wildman–Crippen LogP) is 1.81. The van der Waals surface area contributed by atoms with Gasteiger partial charge < -0.3 is 15.2 Å². The molecule has 2 aromatic rings. The van der Waals surface area contributed by atoms with Crippen LogP contribution in [0.3, 0.4) is 0 Å². The SMILES string of the molecule is COc1ccc(C=NNC(=O)c2sc(N)nc2C)c(OC)c1. The molecular weight excluding hydrogens is 304 g/mol. The Morgan fingerprint density at radius 1 is 1.41 bits per heavy atom. The van der Waals surface area contributed by atoms with Crippen molar-refractivity contribution in [1.82, 2.24) is 10.4 Å². The molecule has 0 unspecified atom stereocenters. The van der Waals surface area contributed by atoms with E-state index in [0.717, 1.165) is 11.3 Å². The number of carbonyl (C=O) groups is 1. The zero-order chi connectivity index (χ0) is 16.1. The van der Waals surface area contributed by atoms with E-state index in [1.54, 1.807) is 39.3 Å². The Morgan fingerprint density at radius 2 is 2.18 bits per heavy atom. The number of hydrazone groups is 1. The van der Waals surface area contributed by atoms with Crippen LogP contribution in [0.15, 0.2) is 23.3 Å². The van der Waals surface area contributed by atoms with Crippen LogP contribution in [0.4, 0.5) is 5.13 Å². The Morgan fingerprint density at radius 3 is 2.77 bits per heavy atom. The molecule has 1 aromatic heterocycles. The van der Waals surface area contributed by atoms with Crippen molar-refractivity contribution in [3.63, 3.8) is 0 Å². The van der Waals surface area contributed by atoms with Gasteiger partial charge in [-0.3, -0.25) is 4.79 Å². The van der Waals surface area contributed by atoms with E-state index in [2.05, 4.69) is 15.5 Å². The molecule has 8 heteroatoms. The number of nitrogen functional groups attached to an aromatic ring is 1. The quantitative estimate of drug-likeness (QED) is 0.646. The van der Waals surface area contributed by atoms with Gasteiger partial charge in [0.15, 0.2) is 5.13 Å². The van der Waals surface area contributed by atoms with Crippen LogP contribution in [0.2, 0.25) is 0 Å². The molecule has 1 aromatic carbocycles. The number of benzene rings is 1. The highest BCUT2D eigenvalue weighted by atomic mass is 32.1. The van der Waals surface area contributed by atoms with Gasteiger partial charge in [-0.1, -0.05) is 11.3 Å². The average molecular weight is 320 g/mol. The van der Waals surface area contributed by atoms with E-state index in [0.29, 0.717) is 32.8 Å². The van der Waals surface area contributed by atoms with E-state index in [1.807, 2.05) is 0 Å². The number of nitrogens with one attached hydrogen (secondary N) is 1. The summed E-state index contributed by atoms with van der Waals surface area (Å²) in [5.74, 6) is 0.916. The van der Waals surface area contributed by atoms with Gasteiger partial charge in [0.25, 0.3) is 5.91 Å². The number of nitrogens with two attached hydrogens (primary N) is 1. The van der Waals surface area contributed by atoms with Gasteiger partial charge >= 0.3 is 0 Å². The van der Waals surface area contributed by atoms with E-state index in [1.165, 1.54) is 6.21 Å². The number of thiazole rings is 1. The molecule has 0 radical (unpaired) electrons. The van der Waals surface area contributed by atoms with Crippen molar-refractivity contribution in [3.8, 4) is 11.5 Å². The fourth-order valence-corrected chi connectivity index (χ4v) is 2.49. The maximum absolute atomic E-state index is 12.0. The fraction of sp³-hybridized carbons (Fsp3) is 0.214. The number of aromatic nitrogens is 1. The second kappa shape index (κ2) is 6.90. The maximum Gasteiger partial charge on any atom is 0.283 e. The molecule has 1 heterocycles. The lowest BCUT2D eigenvalue weighted by molar-refractivity contribution is 0.0958. The molecule has 7 nitrogen and oxygen atoms in total. The molecule has 2 rings (SSSR count). The second-order valence-electron chi connectivity index (χ2n) is 4.27. The monoisotopic (exact) mass is 320 g/mol. The van der Waals surface area contributed by atoms with Crippen LogP contribution in [0, 0.1) is 6.92 Å². The lowest BCUT2D eigenvalue weighted by atomic mass is 10.2. The fourth-order valence-electron chi connectivity index (χ4n) is 1.76. The molecule has 1 amide bonds. The average Bonchev–Trinajstić information content (AvgIpc) is 2.86. The van der Waals surface area contributed by atoms with E-state index in [4.69, 9.17) is 15.2 Å². The number of carbonyl (C=O) groups excluding carboxylic acids is 1. The molecule has 0 aliphatic carbocycles. The van der Waals surface area contributed by atoms with E-state index >= 15 is 0 Å². The Balaban J connectivity index is 2.09. The van der Waals surface area contributed by atoms with E-state index in [9.17, 15) is 4.79 Å². The first-order valence-electron chi connectivity index (χ1n) is 6.33. The number of hydrogen-bond donors (Lipinski definition) is 2. The molecule has 0 spiro atoms. The summed E-state index contributed by atoms with van der Waals surface area (Å²) < 4.78 is 10.4. The highest BCUT2D eigenvalue weighted by molar-refractivity contribution is 7.17. The first kappa shape index (κ1) is 15.8. The van der Waals surface area contributed by atoms with E-state index in [-0.39, 0.29) is 5.91 Å². The molecule has 0 aliphatic heterocycles. The molecule has 22 heavy (non-hydrogen) atoms. The third-order valence-corrected chi connectivity index (χ3v) is 3.82. The van der Waals surface area contributed by atoms with Crippen LogP contribution in [0.5, 0.6) is 11.5 Å². The van der Waals surface area contributed by atoms with Gasteiger partial charge in [-0.15, -0.1) is 0 Å². The first-order valence-corrected chi connectivity index (χ1v) is 7.15. The largest absolute Gasteiger partial charge is 0.497 e. The van der Waals surface area contributed by atoms with Crippen molar-refractivity contribution >= 4 is 28.6 Å². The summed E-state index contributed by atoms with van der Waals surface area (Å²) >= 11 is 1.12. The summed E-state index contributed by atoms with van der Waals surface area (Å²) in [5, 5.41) is 4.28. The van der Waals surface area contributed by atoms with Crippen LogP contribution in [0.25, 0.3) is 0 Å². The van der Waals surface area contributed by atoms with Crippen molar-refractivity contribution in [2.45, 2.75) is 6.92 Å². The number of anilines is 1.